The van der Waals surface area contributed by atoms with Crippen molar-refractivity contribution in [2.45, 2.75) is 26.7 Å². The molecule has 0 fully saturated rings. The second kappa shape index (κ2) is 7.17. The highest BCUT2D eigenvalue weighted by atomic mass is 16.5. The van der Waals surface area contributed by atoms with E-state index in [1.807, 2.05) is 32.9 Å². The summed E-state index contributed by atoms with van der Waals surface area (Å²) in [5.74, 6) is -0.583. The third kappa shape index (κ3) is 3.56. The normalized spacial score (nSPS) is 10.5. The van der Waals surface area contributed by atoms with Gasteiger partial charge in [-0.1, -0.05) is 26.0 Å². The molecule has 0 unspecified atom stereocenters. The number of anilines is 1. The Morgan fingerprint density at radius 3 is 2.29 bits per heavy atom. The molecule has 0 aliphatic rings. The Balaban J connectivity index is 2.40. The van der Waals surface area contributed by atoms with E-state index in [2.05, 4.69) is 5.32 Å². The van der Waals surface area contributed by atoms with Crippen molar-refractivity contribution in [1.29, 1.82) is 0 Å². The van der Waals surface area contributed by atoms with Crippen molar-refractivity contribution in [1.82, 2.24) is 0 Å². The maximum atomic E-state index is 12.5. The van der Waals surface area contributed by atoms with Crippen LogP contribution < -0.4 is 10.1 Å². The largest absolute Gasteiger partial charge is 0.496 e. The second-order valence-corrected chi connectivity index (χ2v) is 5.87. The number of methoxy groups -OCH3 is 1. The van der Waals surface area contributed by atoms with Gasteiger partial charge in [-0.2, -0.15) is 0 Å². The molecule has 0 bridgehead atoms. The van der Waals surface area contributed by atoms with E-state index in [1.54, 1.807) is 19.2 Å². The number of carboxylic acids is 1. The smallest absolute Gasteiger partial charge is 0.336 e. The molecule has 126 valence electrons. The first-order valence-electron chi connectivity index (χ1n) is 7.67. The molecule has 0 aliphatic carbocycles. The summed E-state index contributed by atoms with van der Waals surface area (Å²) < 4.78 is 5.39. The molecule has 0 saturated heterocycles. The van der Waals surface area contributed by atoms with Crippen LogP contribution in [0.5, 0.6) is 5.75 Å². The zero-order valence-corrected chi connectivity index (χ0v) is 14.2. The molecule has 0 aliphatic heterocycles. The fourth-order valence-electron chi connectivity index (χ4n) is 2.52. The number of aromatic carboxylic acids is 1. The number of nitrogens with one attached hydrogen (secondary N) is 1. The van der Waals surface area contributed by atoms with Gasteiger partial charge in [0.25, 0.3) is 5.91 Å². The van der Waals surface area contributed by atoms with Crippen LogP contribution in [0.4, 0.5) is 5.69 Å². The quantitative estimate of drug-likeness (QED) is 0.867. The van der Waals surface area contributed by atoms with E-state index in [4.69, 9.17) is 4.74 Å². The third-order valence-electron chi connectivity index (χ3n) is 3.85. The number of carbonyl (C=O) groups is 2. The Morgan fingerprint density at radius 1 is 1.12 bits per heavy atom. The van der Waals surface area contributed by atoms with E-state index in [1.165, 1.54) is 12.1 Å². The first kappa shape index (κ1) is 17.5. The standard InChI is InChI=1S/C19H21NO4/c1-11(2)15-10-16(12(3)9-17(15)24-4)20-18(21)13-7-5-6-8-14(13)19(22)23/h5-11H,1-4H3,(H,20,21)(H,22,23). The van der Waals surface area contributed by atoms with Crippen LogP contribution in [0.3, 0.4) is 0 Å². The summed E-state index contributed by atoms with van der Waals surface area (Å²) in [5, 5.41) is 12.0. The monoisotopic (exact) mass is 327 g/mol. The highest BCUT2D eigenvalue weighted by Gasteiger charge is 2.18. The molecular formula is C19H21NO4. The number of amides is 1. The first-order valence-corrected chi connectivity index (χ1v) is 7.67. The zero-order valence-electron chi connectivity index (χ0n) is 14.2. The lowest BCUT2D eigenvalue weighted by molar-refractivity contribution is 0.0692. The molecule has 0 saturated carbocycles. The Kier molecular flexibility index (Phi) is 5.24. The van der Waals surface area contributed by atoms with E-state index >= 15 is 0 Å². The summed E-state index contributed by atoms with van der Waals surface area (Å²) >= 11 is 0. The maximum absolute atomic E-state index is 12.5. The predicted molar refractivity (Wildman–Crippen MR) is 93.2 cm³/mol. The van der Waals surface area contributed by atoms with Gasteiger partial charge in [-0.15, -0.1) is 0 Å². The number of benzene rings is 2. The van der Waals surface area contributed by atoms with E-state index in [0.29, 0.717) is 5.69 Å². The molecular weight excluding hydrogens is 306 g/mol. The summed E-state index contributed by atoms with van der Waals surface area (Å²) in [6.45, 7) is 5.95. The first-order chi connectivity index (χ1) is 11.3. The molecule has 0 radical (unpaired) electrons. The molecule has 5 nitrogen and oxygen atoms in total. The van der Waals surface area contributed by atoms with Crippen molar-refractivity contribution >= 4 is 17.6 Å². The minimum atomic E-state index is -1.13. The van der Waals surface area contributed by atoms with Crippen LogP contribution in [-0.2, 0) is 0 Å². The fraction of sp³-hybridized carbons (Fsp3) is 0.263. The van der Waals surface area contributed by atoms with Crippen molar-refractivity contribution in [2.24, 2.45) is 0 Å². The van der Waals surface area contributed by atoms with E-state index in [-0.39, 0.29) is 17.0 Å². The molecule has 0 atom stereocenters. The fourth-order valence-corrected chi connectivity index (χ4v) is 2.52. The molecule has 2 rings (SSSR count). The van der Waals surface area contributed by atoms with Crippen LogP contribution in [0, 0.1) is 6.92 Å². The lowest BCUT2D eigenvalue weighted by Gasteiger charge is -2.17. The Morgan fingerprint density at radius 2 is 1.75 bits per heavy atom. The topological polar surface area (TPSA) is 75.6 Å². The minimum Gasteiger partial charge on any atom is -0.496 e. The Bertz CT molecular complexity index is 781. The number of aryl methyl sites for hydroxylation is 1. The van der Waals surface area contributed by atoms with Crippen LogP contribution >= 0.6 is 0 Å². The minimum absolute atomic E-state index is 0.0229. The van der Waals surface area contributed by atoms with Gasteiger partial charge in [-0.3, -0.25) is 4.79 Å². The molecule has 0 aromatic heterocycles. The van der Waals surface area contributed by atoms with Gasteiger partial charge in [0, 0.05) is 5.69 Å². The number of carboxylic acid groups (broad SMARTS) is 1. The van der Waals surface area contributed by atoms with E-state index in [0.717, 1.165) is 16.9 Å². The van der Waals surface area contributed by atoms with Crippen LogP contribution in [0.1, 0.15) is 51.6 Å². The number of rotatable bonds is 5. The molecule has 2 aromatic carbocycles. The molecule has 1 amide bonds. The van der Waals surface area contributed by atoms with Gasteiger partial charge in [0.1, 0.15) is 5.75 Å². The van der Waals surface area contributed by atoms with Gasteiger partial charge in [-0.25, -0.2) is 4.79 Å². The Labute approximate surface area is 141 Å². The Hall–Kier alpha value is -2.82. The van der Waals surface area contributed by atoms with Crippen LogP contribution in [0.2, 0.25) is 0 Å². The van der Waals surface area contributed by atoms with Gasteiger partial charge in [0.15, 0.2) is 0 Å². The zero-order chi connectivity index (χ0) is 17.9. The SMILES string of the molecule is COc1cc(C)c(NC(=O)c2ccccc2C(=O)O)cc1C(C)C. The third-order valence-corrected chi connectivity index (χ3v) is 3.85. The molecule has 2 N–H and O–H groups in total. The van der Waals surface area contributed by atoms with Gasteiger partial charge in [-0.05, 0) is 48.2 Å². The summed E-state index contributed by atoms with van der Waals surface area (Å²) in [6, 6.07) is 9.89. The number of ether oxygens (including phenoxy) is 1. The second-order valence-electron chi connectivity index (χ2n) is 5.87. The molecule has 24 heavy (non-hydrogen) atoms. The van der Waals surface area contributed by atoms with Crippen LogP contribution in [-0.4, -0.2) is 24.1 Å². The lowest BCUT2D eigenvalue weighted by atomic mass is 9.98. The highest BCUT2D eigenvalue weighted by molar-refractivity contribution is 6.10. The number of hydrogen-bond donors (Lipinski definition) is 2. The molecule has 2 aromatic rings. The van der Waals surface area contributed by atoms with E-state index in [9.17, 15) is 14.7 Å². The van der Waals surface area contributed by atoms with Crippen molar-refractivity contribution in [3.05, 3.63) is 58.7 Å². The van der Waals surface area contributed by atoms with Gasteiger partial charge < -0.3 is 15.2 Å². The average molecular weight is 327 g/mol. The van der Waals surface area contributed by atoms with Crippen molar-refractivity contribution in [3.63, 3.8) is 0 Å². The maximum Gasteiger partial charge on any atom is 0.336 e. The van der Waals surface area contributed by atoms with Gasteiger partial charge in [0.05, 0.1) is 18.2 Å². The summed E-state index contributed by atoms with van der Waals surface area (Å²) in [4.78, 5) is 23.8. The van der Waals surface area contributed by atoms with Crippen molar-refractivity contribution < 1.29 is 19.4 Å². The van der Waals surface area contributed by atoms with Gasteiger partial charge >= 0.3 is 5.97 Å². The number of hydrogen-bond acceptors (Lipinski definition) is 3. The summed E-state index contributed by atoms with van der Waals surface area (Å²) in [5.41, 5.74) is 2.57. The van der Waals surface area contributed by atoms with E-state index < -0.39 is 11.9 Å². The molecule has 5 heteroatoms. The lowest BCUT2D eigenvalue weighted by Crippen LogP contribution is -2.17. The van der Waals surface area contributed by atoms with Crippen LogP contribution in [0.15, 0.2) is 36.4 Å². The van der Waals surface area contributed by atoms with Crippen molar-refractivity contribution in [3.8, 4) is 5.75 Å². The van der Waals surface area contributed by atoms with Crippen molar-refractivity contribution in [2.75, 3.05) is 12.4 Å². The molecule has 0 spiro atoms. The predicted octanol–water partition coefficient (Wildman–Crippen LogP) is 4.08. The summed E-state index contributed by atoms with van der Waals surface area (Å²) in [7, 11) is 1.61. The number of carbonyl (C=O) groups excluding carboxylic acids is 1. The summed E-state index contributed by atoms with van der Waals surface area (Å²) in [6.07, 6.45) is 0. The average Bonchev–Trinajstić information content (AvgIpc) is 2.55. The van der Waals surface area contributed by atoms with Gasteiger partial charge in [0.2, 0.25) is 0 Å². The van der Waals surface area contributed by atoms with Crippen LogP contribution in [0.25, 0.3) is 0 Å². The molecule has 0 heterocycles. The highest BCUT2D eigenvalue weighted by Crippen LogP contribution is 2.32.